The molecule has 1 heterocycles. The molecule has 3 heteroatoms. The molecule has 15 heavy (non-hydrogen) atoms. The molecule has 0 bridgehead atoms. The van der Waals surface area contributed by atoms with Gasteiger partial charge in [-0.25, -0.2) is 0 Å². The summed E-state index contributed by atoms with van der Waals surface area (Å²) in [5.74, 6) is 0.824. The van der Waals surface area contributed by atoms with E-state index in [4.69, 9.17) is 4.74 Å². The van der Waals surface area contributed by atoms with Gasteiger partial charge in [-0.1, -0.05) is 25.3 Å². The topological polar surface area (TPSA) is 21.6 Å². The second kappa shape index (κ2) is 4.73. The highest BCUT2D eigenvalue weighted by Gasteiger charge is 2.35. The van der Waals surface area contributed by atoms with Gasteiger partial charge in [-0.15, -0.1) is 5.73 Å². The largest absolute Gasteiger partial charge is 0.494 e. The molecule has 0 N–H and O–H groups in total. The first kappa shape index (κ1) is 12.2. The normalized spacial score (nSPS) is 26.3. The maximum Gasteiger partial charge on any atom is 0.146 e. The lowest BCUT2D eigenvalue weighted by Crippen LogP contribution is -2.18. The molecule has 1 atom stereocenters. The number of methoxy groups -OCH3 is 1. The summed E-state index contributed by atoms with van der Waals surface area (Å²) in [4.78, 5) is 5.76. The fourth-order valence-electron chi connectivity index (χ4n) is 1.40. The Morgan fingerprint density at radius 3 is 2.73 bits per heavy atom. The van der Waals surface area contributed by atoms with E-state index in [0.717, 1.165) is 22.1 Å². The van der Waals surface area contributed by atoms with Crippen molar-refractivity contribution < 1.29 is 4.74 Å². The van der Waals surface area contributed by atoms with Crippen molar-refractivity contribution in [1.29, 1.82) is 0 Å². The van der Waals surface area contributed by atoms with Crippen LogP contribution in [0, 0.1) is 0 Å². The van der Waals surface area contributed by atoms with E-state index < -0.39 is 0 Å². The molecule has 0 aromatic heterocycles. The van der Waals surface area contributed by atoms with Crippen LogP contribution in [-0.4, -0.2) is 17.7 Å². The van der Waals surface area contributed by atoms with Crippen LogP contribution >= 0.6 is 11.8 Å². The van der Waals surface area contributed by atoms with Crippen molar-refractivity contribution in [1.82, 2.24) is 0 Å². The number of hydrogen-bond acceptors (Lipinski definition) is 3. The number of ether oxygens (including phenoxy) is 1. The van der Waals surface area contributed by atoms with Crippen LogP contribution in [0.4, 0.5) is 0 Å². The summed E-state index contributed by atoms with van der Waals surface area (Å²) < 4.78 is 5.26. The number of nitrogens with zero attached hydrogens (tertiary/aromatic N) is 1. The second-order valence-electron chi connectivity index (χ2n) is 3.51. The summed E-state index contributed by atoms with van der Waals surface area (Å²) in [6, 6.07) is 0. The molecule has 0 aliphatic carbocycles. The van der Waals surface area contributed by atoms with E-state index in [1.165, 1.54) is 0 Å². The van der Waals surface area contributed by atoms with Crippen LogP contribution in [0.5, 0.6) is 0 Å². The van der Waals surface area contributed by atoms with Crippen LogP contribution in [0.3, 0.4) is 0 Å². The predicted molar refractivity (Wildman–Crippen MR) is 67.1 cm³/mol. The zero-order valence-electron chi connectivity index (χ0n) is 9.76. The van der Waals surface area contributed by atoms with Gasteiger partial charge >= 0.3 is 0 Å². The third kappa shape index (κ3) is 2.19. The predicted octanol–water partition coefficient (Wildman–Crippen LogP) is 3.52. The highest BCUT2D eigenvalue weighted by molar-refractivity contribution is 8.18. The standard InChI is InChI=1S/C12H17NOS/c1-6-9(14-5)11-13-12(4,8-3)10(7-2)15-11/h6H,2,8H2,1,3-5H3/b9-6-. The molecule has 1 aliphatic rings. The summed E-state index contributed by atoms with van der Waals surface area (Å²) >= 11 is 1.60. The van der Waals surface area contributed by atoms with Gasteiger partial charge in [0.05, 0.1) is 17.6 Å². The maximum atomic E-state index is 5.26. The zero-order chi connectivity index (χ0) is 11.5. The molecular weight excluding hydrogens is 206 g/mol. The molecule has 0 fully saturated rings. The van der Waals surface area contributed by atoms with Crippen LogP contribution < -0.4 is 0 Å². The molecule has 0 aromatic carbocycles. The van der Waals surface area contributed by atoms with Gasteiger partial charge in [0.15, 0.2) is 0 Å². The molecule has 0 saturated heterocycles. The minimum absolute atomic E-state index is 0.172. The van der Waals surface area contributed by atoms with Gasteiger partial charge in [-0.05, 0) is 26.3 Å². The van der Waals surface area contributed by atoms with Crippen molar-refractivity contribution in [2.24, 2.45) is 4.99 Å². The van der Waals surface area contributed by atoms with Crippen LogP contribution in [-0.2, 0) is 4.74 Å². The third-order valence-corrected chi connectivity index (χ3v) is 3.85. The average Bonchev–Trinajstić information content (AvgIpc) is 2.58. The van der Waals surface area contributed by atoms with E-state index in [1.54, 1.807) is 18.9 Å². The first-order chi connectivity index (χ1) is 7.11. The molecule has 1 unspecified atom stereocenters. The van der Waals surface area contributed by atoms with Crippen LogP contribution in [0.15, 0.2) is 34.0 Å². The van der Waals surface area contributed by atoms with Gasteiger partial charge in [0, 0.05) is 0 Å². The minimum Gasteiger partial charge on any atom is -0.494 e. The summed E-state index contributed by atoms with van der Waals surface area (Å²) in [5.41, 5.74) is 2.80. The van der Waals surface area contributed by atoms with Crippen molar-refractivity contribution in [2.75, 3.05) is 7.11 Å². The SMILES string of the molecule is C=C=C1SC(/C(=C/C)OC)=NC1(C)CC. The first-order valence-corrected chi connectivity index (χ1v) is 5.81. The van der Waals surface area contributed by atoms with Crippen molar-refractivity contribution in [3.05, 3.63) is 29.1 Å². The highest BCUT2D eigenvalue weighted by atomic mass is 32.2. The van der Waals surface area contributed by atoms with Gasteiger partial charge in [0.25, 0.3) is 0 Å². The van der Waals surface area contributed by atoms with E-state index >= 15 is 0 Å². The Bertz CT molecular complexity index is 364. The number of allylic oxidation sites excluding steroid dienone is 1. The number of hydrogen-bond donors (Lipinski definition) is 0. The van der Waals surface area contributed by atoms with E-state index in [2.05, 4.69) is 31.2 Å². The van der Waals surface area contributed by atoms with Gasteiger partial charge in [-0.3, -0.25) is 4.99 Å². The number of aliphatic imine (C=N–C) groups is 1. The second-order valence-corrected chi connectivity index (χ2v) is 4.51. The Labute approximate surface area is 95.8 Å². The fraction of sp³-hybridized carbons (Fsp3) is 0.500. The summed E-state index contributed by atoms with van der Waals surface area (Å²) in [6.07, 6.45) is 2.87. The van der Waals surface area contributed by atoms with E-state index in [9.17, 15) is 0 Å². The molecule has 0 saturated carbocycles. The molecule has 2 nitrogen and oxygen atoms in total. The maximum absolute atomic E-state index is 5.26. The highest BCUT2D eigenvalue weighted by Crippen LogP contribution is 2.42. The fourth-order valence-corrected chi connectivity index (χ4v) is 2.63. The van der Waals surface area contributed by atoms with Gasteiger partial charge in [0.1, 0.15) is 10.8 Å². The third-order valence-electron chi connectivity index (χ3n) is 2.58. The Kier molecular flexibility index (Phi) is 3.83. The lowest BCUT2D eigenvalue weighted by atomic mass is 10.00. The summed E-state index contributed by atoms with van der Waals surface area (Å²) in [6.45, 7) is 9.88. The molecule has 0 aromatic rings. The monoisotopic (exact) mass is 223 g/mol. The lowest BCUT2D eigenvalue weighted by molar-refractivity contribution is 0.315. The Morgan fingerprint density at radius 1 is 1.73 bits per heavy atom. The van der Waals surface area contributed by atoms with Crippen molar-refractivity contribution >= 4 is 16.8 Å². The molecule has 1 rings (SSSR count). The van der Waals surface area contributed by atoms with Gasteiger partial charge in [0.2, 0.25) is 0 Å². The summed E-state index contributed by atoms with van der Waals surface area (Å²) in [5, 5.41) is 0.926. The molecular formula is C12H17NOS. The van der Waals surface area contributed by atoms with E-state index in [1.807, 2.05) is 13.0 Å². The molecule has 1 aliphatic heterocycles. The lowest BCUT2D eigenvalue weighted by Gasteiger charge is -2.17. The van der Waals surface area contributed by atoms with Crippen molar-refractivity contribution in [3.63, 3.8) is 0 Å². The molecule has 0 spiro atoms. The number of rotatable bonds is 3. The average molecular weight is 223 g/mol. The van der Waals surface area contributed by atoms with Gasteiger partial charge < -0.3 is 4.74 Å². The van der Waals surface area contributed by atoms with Crippen LogP contribution in [0.2, 0.25) is 0 Å². The molecule has 82 valence electrons. The molecule has 0 amide bonds. The first-order valence-electron chi connectivity index (χ1n) is 5.00. The Hall–Kier alpha value is -0.920. The van der Waals surface area contributed by atoms with Crippen molar-refractivity contribution in [3.8, 4) is 0 Å². The smallest absolute Gasteiger partial charge is 0.146 e. The van der Waals surface area contributed by atoms with Crippen molar-refractivity contribution in [2.45, 2.75) is 32.7 Å². The van der Waals surface area contributed by atoms with E-state index in [-0.39, 0.29) is 5.54 Å². The quantitative estimate of drug-likeness (QED) is 0.539. The zero-order valence-corrected chi connectivity index (χ0v) is 10.6. The molecule has 0 radical (unpaired) electrons. The van der Waals surface area contributed by atoms with Gasteiger partial charge in [-0.2, -0.15) is 0 Å². The Morgan fingerprint density at radius 2 is 2.40 bits per heavy atom. The van der Waals surface area contributed by atoms with Crippen LogP contribution in [0.1, 0.15) is 27.2 Å². The number of thioether (sulfide) groups is 1. The minimum atomic E-state index is -0.172. The van der Waals surface area contributed by atoms with E-state index in [0.29, 0.717) is 0 Å². The summed E-state index contributed by atoms with van der Waals surface area (Å²) in [7, 11) is 1.66. The van der Waals surface area contributed by atoms with Crippen LogP contribution in [0.25, 0.3) is 0 Å². The Balaban J connectivity index is 3.09.